The average molecular weight is 373 g/mol. The number of rotatable bonds is 6. The Labute approximate surface area is 164 Å². The van der Waals surface area contributed by atoms with Crippen molar-refractivity contribution in [3.63, 3.8) is 0 Å². The van der Waals surface area contributed by atoms with Crippen molar-refractivity contribution in [2.24, 2.45) is 16.8 Å². The standard InChI is InChI=1S/C22H36N4O/c1-18-7-6-11-26(14-18)16-21-9-5-4-8-20(21)13-24-22(23-2)25(3)15-19-10-12-27-17-19/h4-5,8-9,18-19H,6-7,10-17H2,1-3H3,(H,23,24). The van der Waals surface area contributed by atoms with E-state index in [0.717, 1.165) is 51.1 Å². The molecule has 5 heteroatoms. The van der Waals surface area contributed by atoms with Gasteiger partial charge in [0.15, 0.2) is 5.96 Å². The second-order valence-corrected chi connectivity index (χ2v) is 8.26. The zero-order valence-electron chi connectivity index (χ0n) is 17.3. The van der Waals surface area contributed by atoms with Crippen LogP contribution in [-0.2, 0) is 17.8 Å². The molecule has 3 rings (SSSR count). The van der Waals surface area contributed by atoms with Crippen molar-refractivity contribution in [2.45, 2.75) is 39.3 Å². The van der Waals surface area contributed by atoms with Crippen molar-refractivity contribution in [3.8, 4) is 0 Å². The Morgan fingerprint density at radius 2 is 2.11 bits per heavy atom. The number of nitrogens with one attached hydrogen (secondary N) is 1. The van der Waals surface area contributed by atoms with Gasteiger partial charge in [-0.3, -0.25) is 9.89 Å². The third-order valence-corrected chi connectivity index (χ3v) is 5.82. The number of nitrogens with zero attached hydrogens (tertiary/aromatic N) is 3. The molecular weight excluding hydrogens is 336 g/mol. The van der Waals surface area contributed by atoms with Gasteiger partial charge in [0, 0.05) is 52.8 Å². The van der Waals surface area contributed by atoms with Gasteiger partial charge in [0.1, 0.15) is 0 Å². The highest BCUT2D eigenvalue weighted by Crippen LogP contribution is 2.19. The third-order valence-electron chi connectivity index (χ3n) is 5.82. The lowest BCUT2D eigenvalue weighted by Gasteiger charge is -2.31. The van der Waals surface area contributed by atoms with Gasteiger partial charge in [-0.05, 0) is 42.9 Å². The molecule has 2 heterocycles. The Balaban J connectivity index is 1.56. The predicted octanol–water partition coefficient (Wildman–Crippen LogP) is 2.96. The summed E-state index contributed by atoms with van der Waals surface area (Å²) in [6, 6.07) is 8.82. The van der Waals surface area contributed by atoms with Crippen LogP contribution in [0, 0.1) is 11.8 Å². The maximum Gasteiger partial charge on any atom is 0.193 e. The van der Waals surface area contributed by atoms with Gasteiger partial charge in [0.2, 0.25) is 0 Å². The average Bonchev–Trinajstić information content (AvgIpc) is 3.16. The predicted molar refractivity (Wildman–Crippen MR) is 112 cm³/mol. The van der Waals surface area contributed by atoms with Crippen LogP contribution < -0.4 is 5.32 Å². The van der Waals surface area contributed by atoms with Gasteiger partial charge in [-0.1, -0.05) is 31.2 Å². The molecule has 0 aromatic heterocycles. The minimum atomic E-state index is 0.613. The second-order valence-electron chi connectivity index (χ2n) is 8.26. The van der Waals surface area contributed by atoms with E-state index < -0.39 is 0 Å². The number of hydrogen-bond acceptors (Lipinski definition) is 3. The molecule has 0 bridgehead atoms. The summed E-state index contributed by atoms with van der Waals surface area (Å²) in [5, 5.41) is 3.56. The fourth-order valence-corrected chi connectivity index (χ4v) is 4.32. The van der Waals surface area contributed by atoms with Crippen LogP contribution in [0.15, 0.2) is 29.3 Å². The Bertz CT molecular complexity index is 612. The molecule has 150 valence electrons. The highest BCUT2D eigenvalue weighted by molar-refractivity contribution is 5.79. The molecule has 1 aromatic rings. The van der Waals surface area contributed by atoms with Crippen LogP contribution in [0.2, 0.25) is 0 Å². The fourth-order valence-electron chi connectivity index (χ4n) is 4.32. The van der Waals surface area contributed by atoms with E-state index in [-0.39, 0.29) is 0 Å². The maximum atomic E-state index is 5.50. The number of aliphatic imine (C=N–C) groups is 1. The molecule has 2 fully saturated rings. The number of benzene rings is 1. The van der Waals surface area contributed by atoms with Crippen LogP contribution in [0.5, 0.6) is 0 Å². The largest absolute Gasteiger partial charge is 0.381 e. The number of hydrogen-bond donors (Lipinski definition) is 1. The zero-order chi connectivity index (χ0) is 19.1. The smallest absolute Gasteiger partial charge is 0.193 e. The summed E-state index contributed by atoms with van der Waals surface area (Å²) in [5.41, 5.74) is 2.80. The number of ether oxygens (including phenoxy) is 1. The lowest BCUT2D eigenvalue weighted by atomic mass is 9.99. The second kappa shape index (κ2) is 10.1. The summed E-state index contributed by atoms with van der Waals surface area (Å²) in [5.74, 6) is 2.39. The van der Waals surface area contributed by atoms with Gasteiger partial charge < -0.3 is 15.0 Å². The van der Waals surface area contributed by atoms with E-state index >= 15 is 0 Å². The van der Waals surface area contributed by atoms with Gasteiger partial charge in [-0.2, -0.15) is 0 Å². The van der Waals surface area contributed by atoms with Gasteiger partial charge in [-0.15, -0.1) is 0 Å². The zero-order valence-corrected chi connectivity index (χ0v) is 17.3. The molecule has 1 aromatic carbocycles. The molecule has 1 N–H and O–H groups in total. The van der Waals surface area contributed by atoms with Gasteiger partial charge in [0.05, 0.1) is 6.61 Å². The molecule has 5 nitrogen and oxygen atoms in total. The van der Waals surface area contributed by atoms with Crippen molar-refractivity contribution >= 4 is 5.96 Å². The van der Waals surface area contributed by atoms with Gasteiger partial charge in [0.25, 0.3) is 0 Å². The first-order valence-corrected chi connectivity index (χ1v) is 10.4. The van der Waals surface area contributed by atoms with Crippen LogP contribution in [0.1, 0.15) is 37.3 Å². The molecule has 0 aliphatic carbocycles. The summed E-state index contributed by atoms with van der Waals surface area (Å²) < 4.78 is 5.50. The molecule has 27 heavy (non-hydrogen) atoms. The molecule has 0 amide bonds. The topological polar surface area (TPSA) is 40.1 Å². The van der Waals surface area contributed by atoms with Crippen LogP contribution in [0.4, 0.5) is 0 Å². The van der Waals surface area contributed by atoms with Gasteiger partial charge in [-0.25, -0.2) is 0 Å². The first kappa shape index (κ1) is 20.2. The quantitative estimate of drug-likeness (QED) is 0.616. The van der Waals surface area contributed by atoms with E-state index in [4.69, 9.17) is 4.74 Å². The summed E-state index contributed by atoms with van der Waals surface area (Å²) in [6.45, 7) is 9.44. The molecule has 0 spiro atoms. The SMILES string of the molecule is CN=C(NCc1ccccc1CN1CCCC(C)C1)N(C)CC1CCOC1. The van der Waals surface area contributed by atoms with E-state index in [9.17, 15) is 0 Å². The van der Waals surface area contributed by atoms with Crippen molar-refractivity contribution < 1.29 is 4.74 Å². The fraction of sp³-hybridized carbons (Fsp3) is 0.682. The van der Waals surface area contributed by atoms with Crippen LogP contribution in [-0.4, -0.2) is 62.7 Å². The monoisotopic (exact) mass is 372 g/mol. The molecule has 2 unspecified atom stereocenters. The van der Waals surface area contributed by atoms with Crippen molar-refractivity contribution in [1.29, 1.82) is 0 Å². The van der Waals surface area contributed by atoms with E-state index in [0.29, 0.717) is 5.92 Å². The normalized spacial score (nSPS) is 24.2. The Hall–Kier alpha value is -1.59. The van der Waals surface area contributed by atoms with Crippen LogP contribution in [0.3, 0.4) is 0 Å². The lowest BCUT2D eigenvalue weighted by Crippen LogP contribution is -2.41. The summed E-state index contributed by atoms with van der Waals surface area (Å²) >= 11 is 0. The molecule has 0 radical (unpaired) electrons. The summed E-state index contributed by atoms with van der Waals surface area (Å²) in [7, 11) is 3.99. The van der Waals surface area contributed by atoms with Crippen molar-refractivity contribution in [3.05, 3.63) is 35.4 Å². The van der Waals surface area contributed by atoms with E-state index in [1.54, 1.807) is 0 Å². The van der Waals surface area contributed by atoms with Crippen molar-refractivity contribution in [1.82, 2.24) is 15.1 Å². The number of likely N-dealkylation sites (tertiary alicyclic amines) is 1. The van der Waals surface area contributed by atoms with Crippen molar-refractivity contribution in [2.75, 3.05) is 46.9 Å². The molecule has 2 aliphatic rings. The minimum absolute atomic E-state index is 0.613. The first-order valence-electron chi connectivity index (χ1n) is 10.4. The summed E-state index contributed by atoms with van der Waals surface area (Å²) in [6.07, 6.45) is 3.84. The van der Waals surface area contributed by atoms with E-state index in [1.165, 1.54) is 37.1 Å². The number of guanidine groups is 1. The Kier molecular flexibility index (Phi) is 7.53. The molecule has 2 saturated heterocycles. The van der Waals surface area contributed by atoms with E-state index in [2.05, 4.69) is 58.3 Å². The highest BCUT2D eigenvalue weighted by atomic mass is 16.5. The van der Waals surface area contributed by atoms with Crippen LogP contribution >= 0.6 is 0 Å². The molecular formula is C22H36N4O. The minimum Gasteiger partial charge on any atom is -0.381 e. The third kappa shape index (κ3) is 5.94. The Morgan fingerprint density at radius 1 is 1.30 bits per heavy atom. The molecule has 2 atom stereocenters. The molecule has 2 aliphatic heterocycles. The van der Waals surface area contributed by atoms with E-state index in [1.807, 2.05) is 7.05 Å². The number of piperidine rings is 1. The maximum absolute atomic E-state index is 5.50. The lowest BCUT2D eigenvalue weighted by molar-refractivity contribution is 0.176. The van der Waals surface area contributed by atoms with Crippen LogP contribution in [0.25, 0.3) is 0 Å². The highest BCUT2D eigenvalue weighted by Gasteiger charge is 2.20. The van der Waals surface area contributed by atoms with Gasteiger partial charge >= 0.3 is 0 Å². The summed E-state index contributed by atoms with van der Waals surface area (Å²) in [4.78, 5) is 9.32. The molecule has 0 saturated carbocycles. The Morgan fingerprint density at radius 3 is 2.81 bits per heavy atom. The first-order chi connectivity index (χ1) is 13.2.